The molecule has 0 aliphatic carbocycles. The lowest BCUT2D eigenvalue weighted by molar-refractivity contribution is 0.0600. The Labute approximate surface area is 121 Å². The van der Waals surface area contributed by atoms with Crippen LogP contribution in [-0.4, -0.2) is 27.8 Å². The molecule has 0 saturated carbocycles. The van der Waals surface area contributed by atoms with Gasteiger partial charge in [-0.05, 0) is 17.7 Å². The number of carbonyl (C=O) groups is 1. The zero-order chi connectivity index (χ0) is 14.5. The molecular formula is C13H16N4O2S. The summed E-state index contributed by atoms with van der Waals surface area (Å²) in [5.74, 6) is 1.11. The van der Waals surface area contributed by atoms with Gasteiger partial charge in [0.25, 0.3) is 0 Å². The van der Waals surface area contributed by atoms with E-state index in [9.17, 15) is 4.79 Å². The summed E-state index contributed by atoms with van der Waals surface area (Å²) >= 11 is 1.55. The maximum absolute atomic E-state index is 11.5. The number of nitrogens with zero attached hydrogens (tertiary/aromatic N) is 3. The molecule has 106 valence electrons. The lowest BCUT2D eigenvalue weighted by Crippen LogP contribution is -2.05. The summed E-state index contributed by atoms with van der Waals surface area (Å²) in [7, 11) is 3.26. The summed E-state index contributed by atoms with van der Waals surface area (Å²) in [4.78, 5) is 11.5. The number of hydrogen-bond acceptors (Lipinski definition) is 6. The van der Waals surface area contributed by atoms with E-state index in [4.69, 9.17) is 10.5 Å². The van der Waals surface area contributed by atoms with E-state index in [1.165, 1.54) is 7.11 Å². The SMILES string of the molecule is COC(=O)c1cccc(CSc2nnc(CN)n2C)c1. The lowest BCUT2D eigenvalue weighted by Gasteiger charge is -2.04. The Hall–Kier alpha value is -1.86. The summed E-state index contributed by atoms with van der Waals surface area (Å²) < 4.78 is 6.57. The monoisotopic (exact) mass is 292 g/mol. The average Bonchev–Trinajstić information content (AvgIpc) is 2.85. The van der Waals surface area contributed by atoms with Crippen LogP contribution in [0.2, 0.25) is 0 Å². The average molecular weight is 292 g/mol. The summed E-state index contributed by atoms with van der Waals surface area (Å²) in [5.41, 5.74) is 7.13. The van der Waals surface area contributed by atoms with Crippen molar-refractivity contribution >= 4 is 17.7 Å². The van der Waals surface area contributed by atoms with E-state index in [0.29, 0.717) is 17.9 Å². The summed E-state index contributed by atoms with van der Waals surface area (Å²) in [6.45, 7) is 0.363. The van der Waals surface area contributed by atoms with E-state index < -0.39 is 0 Å². The van der Waals surface area contributed by atoms with Crippen molar-refractivity contribution in [2.24, 2.45) is 12.8 Å². The molecule has 20 heavy (non-hydrogen) atoms. The van der Waals surface area contributed by atoms with Gasteiger partial charge in [-0.25, -0.2) is 4.79 Å². The molecule has 0 bridgehead atoms. The van der Waals surface area contributed by atoms with E-state index in [1.54, 1.807) is 17.8 Å². The van der Waals surface area contributed by atoms with Crippen LogP contribution in [0.5, 0.6) is 0 Å². The highest BCUT2D eigenvalue weighted by Crippen LogP contribution is 2.21. The molecule has 1 aromatic heterocycles. The van der Waals surface area contributed by atoms with Crippen LogP contribution in [0.1, 0.15) is 21.7 Å². The predicted molar refractivity (Wildman–Crippen MR) is 76.2 cm³/mol. The Kier molecular flexibility index (Phi) is 4.75. The molecule has 0 atom stereocenters. The zero-order valence-electron chi connectivity index (χ0n) is 11.4. The Balaban J connectivity index is 2.07. The van der Waals surface area contributed by atoms with Crippen molar-refractivity contribution in [3.63, 3.8) is 0 Å². The second-order valence-corrected chi connectivity index (χ2v) is 5.09. The van der Waals surface area contributed by atoms with Crippen molar-refractivity contribution < 1.29 is 9.53 Å². The van der Waals surface area contributed by atoms with Crippen molar-refractivity contribution in [2.75, 3.05) is 7.11 Å². The molecule has 0 aliphatic rings. The van der Waals surface area contributed by atoms with Crippen LogP contribution in [0.25, 0.3) is 0 Å². The Bertz CT molecular complexity index is 612. The van der Waals surface area contributed by atoms with Crippen LogP contribution in [0.3, 0.4) is 0 Å². The van der Waals surface area contributed by atoms with E-state index in [1.807, 2.05) is 29.8 Å². The van der Waals surface area contributed by atoms with E-state index in [0.717, 1.165) is 16.5 Å². The molecule has 2 N–H and O–H groups in total. The minimum Gasteiger partial charge on any atom is -0.465 e. The topological polar surface area (TPSA) is 83.0 Å². The van der Waals surface area contributed by atoms with Gasteiger partial charge >= 0.3 is 5.97 Å². The van der Waals surface area contributed by atoms with E-state index >= 15 is 0 Å². The Morgan fingerprint density at radius 1 is 1.45 bits per heavy atom. The lowest BCUT2D eigenvalue weighted by atomic mass is 10.1. The first kappa shape index (κ1) is 14.5. The third-order valence-corrected chi connectivity index (χ3v) is 3.92. The van der Waals surface area contributed by atoms with Gasteiger partial charge in [0.2, 0.25) is 0 Å². The number of esters is 1. The quantitative estimate of drug-likeness (QED) is 0.661. The number of benzene rings is 1. The number of carbonyl (C=O) groups excluding carboxylic acids is 1. The largest absolute Gasteiger partial charge is 0.465 e. The molecular weight excluding hydrogens is 276 g/mol. The van der Waals surface area contributed by atoms with Crippen molar-refractivity contribution in [2.45, 2.75) is 17.5 Å². The summed E-state index contributed by atoms with van der Waals surface area (Å²) in [5, 5.41) is 8.88. The molecule has 0 amide bonds. The standard InChI is InChI=1S/C13H16N4O2S/c1-17-11(7-14)15-16-13(17)20-8-9-4-3-5-10(6-9)12(18)19-2/h3-6H,7-8,14H2,1-2H3. The highest BCUT2D eigenvalue weighted by Gasteiger charge is 2.09. The van der Waals surface area contributed by atoms with Crippen LogP contribution in [-0.2, 0) is 24.1 Å². The van der Waals surface area contributed by atoms with Crippen LogP contribution in [0, 0.1) is 0 Å². The third-order valence-electron chi connectivity index (χ3n) is 2.82. The van der Waals surface area contributed by atoms with E-state index in [2.05, 4.69) is 10.2 Å². The molecule has 2 aromatic rings. The fourth-order valence-corrected chi connectivity index (χ4v) is 2.58. The first-order valence-corrected chi connectivity index (χ1v) is 7.02. The maximum atomic E-state index is 11.5. The predicted octanol–water partition coefficient (Wildman–Crippen LogP) is 1.35. The normalized spacial score (nSPS) is 10.6. The summed E-state index contributed by atoms with van der Waals surface area (Å²) in [6.07, 6.45) is 0. The molecule has 0 spiro atoms. The van der Waals surface area contributed by atoms with Crippen LogP contribution in [0.4, 0.5) is 0 Å². The van der Waals surface area contributed by atoms with Gasteiger partial charge in [0, 0.05) is 12.8 Å². The van der Waals surface area contributed by atoms with Gasteiger partial charge < -0.3 is 15.0 Å². The van der Waals surface area contributed by atoms with E-state index in [-0.39, 0.29) is 5.97 Å². The van der Waals surface area contributed by atoms with Gasteiger partial charge in [-0.2, -0.15) is 0 Å². The molecule has 0 radical (unpaired) electrons. The molecule has 0 saturated heterocycles. The number of rotatable bonds is 5. The van der Waals surface area contributed by atoms with Gasteiger partial charge in [-0.3, -0.25) is 0 Å². The zero-order valence-corrected chi connectivity index (χ0v) is 12.2. The van der Waals surface area contributed by atoms with Gasteiger partial charge in [-0.1, -0.05) is 23.9 Å². The van der Waals surface area contributed by atoms with Gasteiger partial charge in [0.1, 0.15) is 5.82 Å². The highest BCUT2D eigenvalue weighted by molar-refractivity contribution is 7.98. The van der Waals surface area contributed by atoms with Crippen LogP contribution >= 0.6 is 11.8 Å². The van der Waals surface area contributed by atoms with Gasteiger partial charge in [0.05, 0.1) is 19.2 Å². The molecule has 6 nitrogen and oxygen atoms in total. The number of thioether (sulfide) groups is 1. The smallest absolute Gasteiger partial charge is 0.337 e. The molecule has 2 rings (SSSR count). The van der Waals surface area contributed by atoms with Crippen LogP contribution < -0.4 is 5.73 Å². The summed E-state index contributed by atoms with van der Waals surface area (Å²) in [6, 6.07) is 7.34. The first-order valence-electron chi connectivity index (χ1n) is 6.04. The molecule has 1 heterocycles. The Morgan fingerprint density at radius 3 is 2.90 bits per heavy atom. The maximum Gasteiger partial charge on any atom is 0.337 e. The molecule has 0 aliphatic heterocycles. The van der Waals surface area contributed by atoms with Crippen molar-refractivity contribution in [3.8, 4) is 0 Å². The minimum atomic E-state index is -0.332. The first-order chi connectivity index (χ1) is 9.65. The fourth-order valence-electron chi connectivity index (χ4n) is 1.70. The second-order valence-electron chi connectivity index (χ2n) is 4.14. The Morgan fingerprint density at radius 2 is 2.25 bits per heavy atom. The third kappa shape index (κ3) is 3.17. The fraction of sp³-hybridized carbons (Fsp3) is 0.308. The highest BCUT2D eigenvalue weighted by atomic mass is 32.2. The molecule has 1 aromatic carbocycles. The number of ether oxygens (including phenoxy) is 1. The number of aromatic nitrogens is 3. The molecule has 0 unspecified atom stereocenters. The minimum absolute atomic E-state index is 0.332. The van der Waals surface area contributed by atoms with Crippen molar-refractivity contribution in [1.29, 1.82) is 0 Å². The number of hydrogen-bond donors (Lipinski definition) is 1. The van der Waals surface area contributed by atoms with Gasteiger partial charge in [-0.15, -0.1) is 10.2 Å². The van der Waals surface area contributed by atoms with Crippen LogP contribution in [0.15, 0.2) is 29.4 Å². The van der Waals surface area contributed by atoms with Gasteiger partial charge in [0.15, 0.2) is 5.16 Å². The molecule has 0 fully saturated rings. The van der Waals surface area contributed by atoms with Crippen molar-refractivity contribution in [3.05, 3.63) is 41.2 Å². The number of nitrogens with two attached hydrogens (primary N) is 1. The van der Waals surface area contributed by atoms with Crippen molar-refractivity contribution in [1.82, 2.24) is 14.8 Å². The second kappa shape index (κ2) is 6.53. The molecule has 7 heteroatoms. The number of methoxy groups -OCH3 is 1.